The number of carbonyl (C=O) groups excluding carboxylic acids is 1. The summed E-state index contributed by atoms with van der Waals surface area (Å²) in [5.41, 5.74) is 2.76. The van der Waals surface area contributed by atoms with E-state index >= 15 is 0 Å². The predicted octanol–water partition coefficient (Wildman–Crippen LogP) is 4.41. The van der Waals surface area contributed by atoms with E-state index in [2.05, 4.69) is 20.5 Å². The molecule has 3 aromatic heterocycles. The molecule has 7 nitrogen and oxygen atoms in total. The molecule has 0 radical (unpaired) electrons. The van der Waals surface area contributed by atoms with Gasteiger partial charge in [0.05, 0.1) is 18.1 Å². The molecule has 0 saturated carbocycles. The first-order valence-electron chi connectivity index (χ1n) is 9.50. The van der Waals surface area contributed by atoms with Crippen LogP contribution in [-0.2, 0) is 11.3 Å². The second kappa shape index (κ2) is 8.96. The number of nitrogens with one attached hydrogen (secondary N) is 1. The van der Waals surface area contributed by atoms with E-state index in [0.717, 1.165) is 22.6 Å². The molecule has 3 heterocycles. The minimum atomic E-state index is -0.368. The number of furan rings is 1. The number of benzene rings is 1. The molecule has 0 fully saturated rings. The van der Waals surface area contributed by atoms with Crippen molar-refractivity contribution in [3.05, 3.63) is 78.5 Å². The molecule has 8 heteroatoms. The summed E-state index contributed by atoms with van der Waals surface area (Å²) in [5, 5.41) is 11.9. The fourth-order valence-corrected chi connectivity index (χ4v) is 3.73. The Kier molecular flexibility index (Phi) is 5.94. The first-order chi connectivity index (χ1) is 14.6. The molecule has 4 rings (SSSR count). The Balaban J connectivity index is 1.56. The van der Waals surface area contributed by atoms with Gasteiger partial charge in [-0.25, -0.2) is 0 Å². The van der Waals surface area contributed by atoms with Gasteiger partial charge in [0.15, 0.2) is 11.0 Å². The third-order valence-corrected chi connectivity index (χ3v) is 5.58. The van der Waals surface area contributed by atoms with Gasteiger partial charge in [0.2, 0.25) is 5.91 Å². The summed E-state index contributed by atoms with van der Waals surface area (Å²) in [7, 11) is 0. The summed E-state index contributed by atoms with van der Waals surface area (Å²) in [6.45, 7) is 4.32. The molecular formula is C22H21N5O2S. The molecule has 0 aliphatic rings. The number of anilines is 1. The van der Waals surface area contributed by atoms with Crippen LogP contribution in [0.15, 0.2) is 76.8 Å². The molecule has 0 saturated heterocycles. The maximum absolute atomic E-state index is 12.7. The van der Waals surface area contributed by atoms with Crippen LogP contribution in [-0.4, -0.2) is 30.9 Å². The van der Waals surface area contributed by atoms with E-state index in [1.807, 2.05) is 66.9 Å². The summed E-state index contributed by atoms with van der Waals surface area (Å²) >= 11 is 1.35. The molecule has 30 heavy (non-hydrogen) atoms. The minimum absolute atomic E-state index is 0.0978. The number of aryl methyl sites for hydroxylation is 1. The van der Waals surface area contributed by atoms with E-state index in [4.69, 9.17) is 4.42 Å². The van der Waals surface area contributed by atoms with Crippen molar-refractivity contribution in [1.29, 1.82) is 0 Å². The lowest BCUT2D eigenvalue weighted by atomic mass is 10.2. The van der Waals surface area contributed by atoms with Crippen LogP contribution in [0.3, 0.4) is 0 Å². The Morgan fingerprint density at radius 2 is 2.00 bits per heavy atom. The Hall–Kier alpha value is -3.39. The Morgan fingerprint density at radius 1 is 1.17 bits per heavy atom. The van der Waals surface area contributed by atoms with E-state index in [9.17, 15) is 4.79 Å². The Labute approximate surface area is 178 Å². The van der Waals surface area contributed by atoms with E-state index in [1.165, 1.54) is 11.8 Å². The van der Waals surface area contributed by atoms with Gasteiger partial charge in [-0.2, -0.15) is 0 Å². The van der Waals surface area contributed by atoms with Gasteiger partial charge in [-0.1, -0.05) is 29.5 Å². The number of aromatic nitrogens is 4. The quantitative estimate of drug-likeness (QED) is 0.447. The molecule has 1 aromatic carbocycles. The van der Waals surface area contributed by atoms with Crippen molar-refractivity contribution in [3.63, 3.8) is 0 Å². The number of rotatable bonds is 7. The summed E-state index contributed by atoms with van der Waals surface area (Å²) < 4.78 is 7.45. The van der Waals surface area contributed by atoms with Gasteiger partial charge in [0, 0.05) is 23.6 Å². The van der Waals surface area contributed by atoms with Crippen LogP contribution >= 0.6 is 11.8 Å². The van der Waals surface area contributed by atoms with E-state index < -0.39 is 0 Å². The van der Waals surface area contributed by atoms with Crippen LogP contribution in [0.25, 0.3) is 11.4 Å². The molecule has 1 atom stereocenters. The van der Waals surface area contributed by atoms with Crippen LogP contribution < -0.4 is 5.32 Å². The fraction of sp³-hybridized carbons (Fsp3) is 0.182. The van der Waals surface area contributed by atoms with Gasteiger partial charge < -0.3 is 9.73 Å². The first kappa shape index (κ1) is 19.9. The standard InChI is InChI=1S/C22H21N5O2S/c1-15-7-9-18(10-8-15)24-21(28)16(2)30-22-26-25-20(17-5-3-11-23-13-17)27(22)14-19-6-4-12-29-19/h3-13,16H,14H2,1-2H3,(H,24,28)/t16-/m0/s1. The molecule has 0 bridgehead atoms. The largest absolute Gasteiger partial charge is 0.467 e. The zero-order chi connectivity index (χ0) is 20.9. The SMILES string of the molecule is Cc1ccc(NC(=O)[C@H](C)Sc2nnc(-c3cccnc3)n2Cc2ccco2)cc1. The number of thioether (sulfide) groups is 1. The number of hydrogen-bond acceptors (Lipinski definition) is 6. The molecule has 0 spiro atoms. The molecule has 4 aromatic rings. The van der Waals surface area contributed by atoms with Crippen LogP contribution in [0.2, 0.25) is 0 Å². The third kappa shape index (κ3) is 4.60. The van der Waals surface area contributed by atoms with E-state index in [1.54, 1.807) is 18.7 Å². The van der Waals surface area contributed by atoms with Gasteiger partial charge >= 0.3 is 0 Å². The highest BCUT2D eigenvalue weighted by Crippen LogP contribution is 2.28. The number of carbonyl (C=O) groups is 1. The van der Waals surface area contributed by atoms with E-state index in [-0.39, 0.29) is 11.2 Å². The van der Waals surface area contributed by atoms with Crippen molar-refractivity contribution < 1.29 is 9.21 Å². The third-order valence-electron chi connectivity index (χ3n) is 4.50. The van der Waals surface area contributed by atoms with Gasteiger partial charge in [0.25, 0.3) is 0 Å². The van der Waals surface area contributed by atoms with E-state index in [0.29, 0.717) is 17.5 Å². The molecule has 0 aliphatic carbocycles. The minimum Gasteiger partial charge on any atom is -0.467 e. The average molecular weight is 420 g/mol. The van der Waals surface area contributed by atoms with Crippen molar-refractivity contribution in [3.8, 4) is 11.4 Å². The van der Waals surface area contributed by atoms with Crippen molar-refractivity contribution in [1.82, 2.24) is 19.7 Å². The summed E-state index contributed by atoms with van der Waals surface area (Å²) in [4.78, 5) is 16.9. The summed E-state index contributed by atoms with van der Waals surface area (Å²) in [6.07, 6.45) is 5.09. The summed E-state index contributed by atoms with van der Waals surface area (Å²) in [6, 6.07) is 15.2. The lowest BCUT2D eigenvalue weighted by Crippen LogP contribution is -2.23. The first-order valence-corrected chi connectivity index (χ1v) is 10.4. The fourth-order valence-electron chi connectivity index (χ4n) is 2.88. The Bertz CT molecular complexity index is 1110. The molecule has 0 unspecified atom stereocenters. The molecule has 1 amide bonds. The topological polar surface area (TPSA) is 85.8 Å². The normalized spacial score (nSPS) is 11.9. The zero-order valence-electron chi connectivity index (χ0n) is 16.6. The van der Waals surface area contributed by atoms with Crippen molar-refractivity contribution in [2.45, 2.75) is 30.8 Å². The van der Waals surface area contributed by atoms with Crippen molar-refractivity contribution >= 4 is 23.4 Å². The van der Waals surface area contributed by atoms with Crippen LogP contribution in [0.5, 0.6) is 0 Å². The van der Waals surface area contributed by atoms with Gasteiger partial charge in [-0.05, 0) is 50.2 Å². The highest BCUT2D eigenvalue weighted by molar-refractivity contribution is 8.00. The van der Waals surface area contributed by atoms with Crippen LogP contribution in [0.1, 0.15) is 18.2 Å². The van der Waals surface area contributed by atoms with Gasteiger partial charge in [-0.15, -0.1) is 10.2 Å². The number of hydrogen-bond donors (Lipinski definition) is 1. The van der Waals surface area contributed by atoms with Crippen molar-refractivity contribution in [2.24, 2.45) is 0 Å². The maximum atomic E-state index is 12.7. The predicted molar refractivity (Wildman–Crippen MR) is 116 cm³/mol. The van der Waals surface area contributed by atoms with Gasteiger partial charge in [-0.3, -0.25) is 14.3 Å². The van der Waals surface area contributed by atoms with Gasteiger partial charge in [0.1, 0.15) is 5.76 Å². The number of amides is 1. The summed E-state index contributed by atoms with van der Waals surface area (Å²) in [5.74, 6) is 1.35. The lowest BCUT2D eigenvalue weighted by Gasteiger charge is -2.13. The number of nitrogens with zero attached hydrogens (tertiary/aromatic N) is 4. The highest BCUT2D eigenvalue weighted by atomic mass is 32.2. The van der Waals surface area contributed by atoms with Crippen LogP contribution in [0.4, 0.5) is 5.69 Å². The molecule has 0 aliphatic heterocycles. The molecule has 1 N–H and O–H groups in total. The maximum Gasteiger partial charge on any atom is 0.237 e. The lowest BCUT2D eigenvalue weighted by molar-refractivity contribution is -0.115. The van der Waals surface area contributed by atoms with Crippen LogP contribution in [0, 0.1) is 6.92 Å². The van der Waals surface area contributed by atoms with Crippen molar-refractivity contribution in [2.75, 3.05) is 5.32 Å². The Morgan fingerprint density at radius 3 is 2.70 bits per heavy atom. The molecular weight excluding hydrogens is 398 g/mol. The zero-order valence-corrected chi connectivity index (χ0v) is 17.5. The molecule has 152 valence electrons. The number of pyridine rings is 1. The smallest absolute Gasteiger partial charge is 0.237 e. The average Bonchev–Trinajstić information content (AvgIpc) is 3.41. The second-order valence-corrected chi connectivity index (χ2v) is 8.14. The highest BCUT2D eigenvalue weighted by Gasteiger charge is 2.21. The monoisotopic (exact) mass is 419 g/mol. The second-order valence-electron chi connectivity index (χ2n) is 6.83.